The molecule has 2 aromatic carbocycles. The molecule has 0 radical (unpaired) electrons. The zero-order valence-electron chi connectivity index (χ0n) is 19.9. The van der Waals surface area contributed by atoms with E-state index in [1.165, 1.54) is 42.4 Å². The van der Waals surface area contributed by atoms with E-state index < -0.39 is 0 Å². The number of hydrogen-bond donors (Lipinski definition) is 1. The van der Waals surface area contributed by atoms with E-state index >= 15 is 0 Å². The first-order chi connectivity index (χ1) is 15.5. The minimum atomic E-state index is -0.0937. The molecule has 0 spiro atoms. The van der Waals surface area contributed by atoms with Crippen LogP contribution in [-0.4, -0.2) is 17.3 Å². The molecule has 2 aromatic rings. The summed E-state index contributed by atoms with van der Waals surface area (Å²) in [5, 5.41) is 10.6. The molecule has 2 nitrogen and oxygen atoms in total. The van der Waals surface area contributed by atoms with E-state index in [1.807, 2.05) is 0 Å². The first-order valence-corrected chi connectivity index (χ1v) is 12.7. The molecule has 0 bridgehead atoms. The van der Waals surface area contributed by atoms with Crippen molar-refractivity contribution in [1.29, 1.82) is 0 Å². The van der Waals surface area contributed by atoms with Crippen LogP contribution in [0.4, 0.5) is 0 Å². The van der Waals surface area contributed by atoms with Gasteiger partial charge in [0.25, 0.3) is 0 Å². The number of allylic oxidation sites excluding steroid dienone is 1. The van der Waals surface area contributed by atoms with Gasteiger partial charge in [-0.1, -0.05) is 49.4 Å². The largest absolute Gasteiger partial charge is 0.486 e. The van der Waals surface area contributed by atoms with Crippen LogP contribution in [0.3, 0.4) is 0 Å². The number of aliphatic hydroxyl groups is 1. The van der Waals surface area contributed by atoms with Crippen molar-refractivity contribution in [3.8, 4) is 5.75 Å². The van der Waals surface area contributed by atoms with Gasteiger partial charge in [0.2, 0.25) is 0 Å². The molecule has 2 saturated carbocycles. The maximum Gasteiger partial charge on any atom is 0.120 e. The van der Waals surface area contributed by atoms with Gasteiger partial charge in [-0.15, -0.1) is 0 Å². The summed E-state index contributed by atoms with van der Waals surface area (Å²) in [6.45, 7) is 6.64. The summed E-state index contributed by atoms with van der Waals surface area (Å²) in [5.41, 5.74) is 5.84. The average molecular weight is 431 g/mol. The number of fused-ring (bicyclic) bond motifs is 5. The van der Waals surface area contributed by atoms with Crippen LogP contribution in [0, 0.1) is 17.3 Å². The van der Waals surface area contributed by atoms with Crippen molar-refractivity contribution >= 4 is 0 Å². The van der Waals surface area contributed by atoms with Gasteiger partial charge in [0.05, 0.1) is 6.10 Å². The smallest absolute Gasteiger partial charge is 0.120 e. The van der Waals surface area contributed by atoms with Crippen molar-refractivity contribution in [2.24, 2.45) is 17.3 Å². The van der Waals surface area contributed by atoms with E-state index in [9.17, 15) is 5.11 Å². The number of ether oxygens (including phenoxy) is 1. The van der Waals surface area contributed by atoms with Crippen LogP contribution >= 0.6 is 0 Å². The molecule has 3 aliphatic rings. The summed E-state index contributed by atoms with van der Waals surface area (Å²) in [6.07, 6.45) is 10.1. The van der Waals surface area contributed by atoms with Crippen molar-refractivity contribution in [2.45, 2.75) is 83.8 Å². The Balaban J connectivity index is 1.30. The lowest BCUT2D eigenvalue weighted by Crippen LogP contribution is -2.43. The maximum atomic E-state index is 10.6. The second-order valence-electron chi connectivity index (χ2n) is 10.7. The highest BCUT2D eigenvalue weighted by atomic mass is 16.5. The van der Waals surface area contributed by atoms with Crippen molar-refractivity contribution in [3.63, 3.8) is 0 Å². The first kappa shape index (κ1) is 21.8. The summed E-state index contributed by atoms with van der Waals surface area (Å²) >= 11 is 0. The molecule has 1 N–H and O–H groups in total. The molecule has 1 unspecified atom stereocenters. The second-order valence-corrected chi connectivity index (χ2v) is 10.7. The molecule has 3 aliphatic carbocycles. The minimum absolute atomic E-state index is 0.0601. The highest BCUT2D eigenvalue weighted by molar-refractivity contribution is 5.41. The van der Waals surface area contributed by atoms with Crippen molar-refractivity contribution < 1.29 is 9.84 Å². The molecule has 0 amide bonds. The van der Waals surface area contributed by atoms with E-state index in [1.54, 1.807) is 5.56 Å². The van der Waals surface area contributed by atoms with Crippen LogP contribution in [0.5, 0.6) is 5.75 Å². The molecule has 6 atom stereocenters. The Hall–Kier alpha value is -2.06. The van der Waals surface area contributed by atoms with Crippen LogP contribution in [0.25, 0.3) is 0 Å². The normalized spacial score (nSPS) is 32.6. The Kier molecular flexibility index (Phi) is 5.92. The molecule has 2 fully saturated rings. The fourth-order valence-electron chi connectivity index (χ4n) is 7.20. The molecule has 0 heterocycles. The zero-order valence-corrected chi connectivity index (χ0v) is 19.9. The fourth-order valence-corrected chi connectivity index (χ4v) is 7.20. The van der Waals surface area contributed by atoms with E-state index in [2.05, 4.69) is 75.4 Å². The SMILES string of the molecule is CC=C(Cc1ccccc1)C(C)Oc1ccc2c(c1)CC[C@@H]1[C@@H]2CC[C@]2(C)[C@@H](O)CC[C@@H]12. The maximum absolute atomic E-state index is 10.6. The third-order valence-electron chi connectivity index (χ3n) is 9.10. The summed E-state index contributed by atoms with van der Waals surface area (Å²) < 4.78 is 6.44. The molecule has 170 valence electrons. The fraction of sp³-hybridized carbons (Fsp3) is 0.533. The van der Waals surface area contributed by atoms with Crippen molar-refractivity contribution in [3.05, 3.63) is 76.9 Å². The van der Waals surface area contributed by atoms with E-state index in [4.69, 9.17) is 4.74 Å². The lowest BCUT2D eigenvalue weighted by molar-refractivity contribution is -0.0226. The van der Waals surface area contributed by atoms with Gasteiger partial charge >= 0.3 is 0 Å². The van der Waals surface area contributed by atoms with Crippen LogP contribution < -0.4 is 4.74 Å². The van der Waals surface area contributed by atoms with Gasteiger partial charge in [0, 0.05) is 0 Å². The van der Waals surface area contributed by atoms with Gasteiger partial charge in [0.15, 0.2) is 0 Å². The second kappa shape index (κ2) is 8.71. The number of aryl methyl sites for hydroxylation is 1. The molecule has 2 heteroatoms. The Bertz CT molecular complexity index is 978. The molecule has 0 aromatic heterocycles. The highest BCUT2D eigenvalue weighted by Gasteiger charge is 2.54. The molecule has 0 saturated heterocycles. The van der Waals surface area contributed by atoms with Gasteiger partial charge < -0.3 is 9.84 Å². The lowest BCUT2D eigenvalue weighted by Gasteiger charge is -2.50. The van der Waals surface area contributed by atoms with Crippen LogP contribution in [0.15, 0.2) is 60.2 Å². The van der Waals surface area contributed by atoms with E-state index in [-0.39, 0.29) is 17.6 Å². The number of benzene rings is 2. The van der Waals surface area contributed by atoms with Crippen LogP contribution in [-0.2, 0) is 12.8 Å². The summed E-state index contributed by atoms with van der Waals surface area (Å²) in [7, 11) is 0. The Morgan fingerprint density at radius 3 is 2.72 bits per heavy atom. The molecule has 5 rings (SSSR count). The Labute approximate surface area is 193 Å². The first-order valence-electron chi connectivity index (χ1n) is 12.7. The van der Waals surface area contributed by atoms with Gasteiger partial charge in [-0.05, 0) is 116 Å². The predicted molar refractivity (Wildman–Crippen MR) is 131 cm³/mol. The average Bonchev–Trinajstić information content (AvgIpc) is 3.12. The zero-order chi connectivity index (χ0) is 22.3. The highest BCUT2D eigenvalue weighted by Crippen LogP contribution is 2.60. The third kappa shape index (κ3) is 3.81. The third-order valence-corrected chi connectivity index (χ3v) is 9.10. The molecular formula is C30H38O2. The van der Waals surface area contributed by atoms with E-state index in [0.29, 0.717) is 11.8 Å². The summed E-state index contributed by atoms with van der Waals surface area (Å²) in [5.74, 6) is 3.09. The molecular weight excluding hydrogens is 392 g/mol. The van der Waals surface area contributed by atoms with Gasteiger partial charge in [-0.25, -0.2) is 0 Å². The minimum Gasteiger partial charge on any atom is -0.486 e. The standard InChI is InChI=1S/C30H38O2/c1-4-22(18-21-8-6-5-7-9-21)20(2)32-24-11-13-25-23(19-24)10-12-27-26(25)16-17-30(3)28(27)14-15-29(30)31/h4-9,11,13,19-20,26-29,31H,10,12,14-18H2,1-3H3/t20?,26-,27-,28+,29+,30+/m1/s1. The summed E-state index contributed by atoms with van der Waals surface area (Å²) in [6, 6.07) is 17.5. The van der Waals surface area contributed by atoms with Crippen molar-refractivity contribution in [2.75, 3.05) is 0 Å². The van der Waals surface area contributed by atoms with E-state index in [0.717, 1.165) is 30.9 Å². The van der Waals surface area contributed by atoms with Crippen molar-refractivity contribution in [1.82, 2.24) is 0 Å². The lowest BCUT2D eigenvalue weighted by atomic mass is 9.55. The van der Waals surface area contributed by atoms with Crippen LogP contribution in [0.1, 0.15) is 75.5 Å². The summed E-state index contributed by atoms with van der Waals surface area (Å²) in [4.78, 5) is 0. The Morgan fingerprint density at radius 1 is 1.12 bits per heavy atom. The quantitative estimate of drug-likeness (QED) is 0.525. The predicted octanol–water partition coefficient (Wildman–Crippen LogP) is 6.86. The molecule has 0 aliphatic heterocycles. The Morgan fingerprint density at radius 2 is 1.94 bits per heavy atom. The van der Waals surface area contributed by atoms with Crippen LogP contribution in [0.2, 0.25) is 0 Å². The number of rotatable bonds is 5. The van der Waals surface area contributed by atoms with Gasteiger partial charge in [-0.3, -0.25) is 0 Å². The number of hydrogen-bond acceptors (Lipinski definition) is 2. The number of aliphatic hydroxyl groups excluding tert-OH is 1. The monoisotopic (exact) mass is 430 g/mol. The van der Waals surface area contributed by atoms with Gasteiger partial charge in [0.1, 0.15) is 11.9 Å². The topological polar surface area (TPSA) is 29.5 Å². The van der Waals surface area contributed by atoms with Gasteiger partial charge in [-0.2, -0.15) is 0 Å². The molecule has 32 heavy (non-hydrogen) atoms.